The molecule has 0 aliphatic rings. The van der Waals surface area contributed by atoms with E-state index in [1.165, 1.54) is 0 Å². The predicted molar refractivity (Wildman–Crippen MR) is 99.2 cm³/mol. The summed E-state index contributed by atoms with van der Waals surface area (Å²) in [6.45, 7) is 6.15. The van der Waals surface area contributed by atoms with Gasteiger partial charge in [0.05, 0.1) is 18.2 Å². The number of aromatic nitrogens is 1. The van der Waals surface area contributed by atoms with Crippen molar-refractivity contribution in [3.8, 4) is 0 Å². The molecule has 6 heteroatoms. The highest BCUT2D eigenvalue weighted by atomic mass is 79.9. The number of hydrogen-bond donors (Lipinski definition) is 0. The van der Waals surface area contributed by atoms with Crippen molar-refractivity contribution < 1.29 is 19.1 Å². The van der Waals surface area contributed by atoms with Crippen LogP contribution in [0.5, 0.6) is 0 Å². The van der Waals surface area contributed by atoms with Crippen molar-refractivity contribution in [2.24, 2.45) is 0 Å². The lowest BCUT2D eigenvalue weighted by Crippen LogP contribution is -2.17. The van der Waals surface area contributed by atoms with E-state index in [4.69, 9.17) is 9.47 Å². The van der Waals surface area contributed by atoms with Crippen LogP contribution in [-0.4, -0.2) is 36.6 Å². The third-order valence-electron chi connectivity index (χ3n) is 4.05. The summed E-state index contributed by atoms with van der Waals surface area (Å²) in [5, 5.41) is 0. The molecule has 0 unspecified atom stereocenters. The van der Waals surface area contributed by atoms with Crippen LogP contribution in [0.2, 0.25) is 0 Å². The summed E-state index contributed by atoms with van der Waals surface area (Å²) >= 11 is 3.31. The quantitative estimate of drug-likeness (QED) is 0.511. The lowest BCUT2D eigenvalue weighted by atomic mass is 10.1. The summed E-state index contributed by atoms with van der Waals surface area (Å²) in [6.07, 6.45) is 0. The van der Waals surface area contributed by atoms with E-state index >= 15 is 0 Å². The van der Waals surface area contributed by atoms with Crippen LogP contribution in [-0.2, 0) is 9.47 Å². The Balaban J connectivity index is 2.07. The van der Waals surface area contributed by atoms with Crippen molar-refractivity contribution in [1.82, 2.24) is 4.57 Å². The Bertz CT molecular complexity index is 764. The Morgan fingerprint density at radius 2 is 1.84 bits per heavy atom. The first-order chi connectivity index (χ1) is 11.8. The van der Waals surface area contributed by atoms with Gasteiger partial charge in [0.2, 0.25) is 5.78 Å². The molecule has 0 aliphatic heterocycles. The van der Waals surface area contributed by atoms with Gasteiger partial charge in [-0.15, -0.1) is 0 Å². The van der Waals surface area contributed by atoms with Gasteiger partial charge in [0.25, 0.3) is 0 Å². The van der Waals surface area contributed by atoms with Gasteiger partial charge in [0.15, 0.2) is 6.61 Å². The maximum absolute atomic E-state index is 12.5. The average molecular weight is 408 g/mol. The SMILES string of the molecule is COC[C@@H](C)n1c(C)cc(C(=O)COC(=O)c2ccc(Br)cc2)c1C. The van der Waals surface area contributed by atoms with Gasteiger partial charge in [-0.1, -0.05) is 15.9 Å². The fraction of sp³-hybridized carbons (Fsp3) is 0.368. The maximum atomic E-state index is 12.5. The van der Waals surface area contributed by atoms with Gasteiger partial charge < -0.3 is 14.0 Å². The topological polar surface area (TPSA) is 57.5 Å². The van der Waals surface area contributed by atoms with Crippen molar-refractivity contribution in [2.45, 2.75) is 26.8 Å². The minimum absolute atomic E-state index is 0.122. The number of hydrogen-bond acceptors (Lipinski definition) is 4. The van der Waals surface area contributed by atoms with Gasteiger partial charge in [0, 0.05) is 28.5 Å². The number of Topliss-reactive ketones (excluding diaryl/α,β-unsaturated/α-hetero) is 1. The zero-order chi connectivity index (χ0) is 18.6. The van der Waals surface area contributed by atoms with Crippen LogP contribution < -0.4 is 0 Å². The van der Waals surface area contributed by atoms with E-state index in [1.807, 2.05) is 26.8 Å². The van der Waals surface area contributed by atoms with Gasteiger partial charge in [0.1, 0.15) is 0 Å². The number of nitrogens with zero attached hydrogens (tertiary/aromatic N) is 1. The molecule has 1 atom stereocenters. The molecular weight excluding hydrogens is 386 g/mol. The molecule has 1 heterocycles. The van der Waals surface area contributed by atoms with Crippen molar-refractivity contribution >= 4 is 27.7 Å². The lowest BCUT2D eigenvalue weighted by molar-refractivity contribution is 0.0474. The second kappa shape index (κ2) is 8.45. The monoisotopic (exact) mass is 407 g/mol. The van der Waals surface area contributed by atoms with Crippen LogP contribution in [0.15, 0.2) is 34.8 Å². The highest BCUT2D eigenvalue weighted by Crippen LogP contribution is 2.21. The molecule has 25 heavy (non-hydrogen) atoms. The smallest absolute Gasteiger partial charge is 0.338 e. The summed E-state index contributed by atoms with van der Waals surface area (Å²) in [6, 6.07) is 8.76. The van der Waals surface area contributed by atoms with Crippen LogP contribution in [0.25, 0.3) is 0 Å². The fourth-order valence-electron chi connectivity index (χ4n) is 2.93. The van der Waals surface area contributed by atoms with E-state index in [9.17, 15) is 9.59 Å². The Kier molecular flexibility index (Phi) is 6.56. The number of ether oxygens (including phenoxy) is 2. The fourth-order valence-corrected chi connectivity index (χ4v) is 3.20. The Hall–Kier alpha value is -1.92. The molecule has 0 fully saturated rings. The molecule has 0 radical (unpaired) electrons. The normalized spacial score (nSPS) is 12.0. The van der Waals surface area contributed by atoms with E-state index in [2.05, 4.69) is 20.5 Å². The molecule has 134 valence electrons. The number of ketones is 1. The van der Waals surface area contributed by atoms with Gasteiger partial charge in [-0.3, -0.25) is 4.79 Å². The third-order valence-corrected chi connectivity index (χ3v) is 4.58. The van der Waals surface area contributed by atoms with E-state index in [-0.39, 0.29) is 18.4 Å². The molecule has 2 aromatic rings. The number of halogens is 1. The molecule has 5 nitrogen and oxygen atoms in total. The van der Waals surface area contributed by atoms with E-state index in [1.54, 1.807) is 31.4 Å². The first-order valence-electron chi connectivity index (χ1n) is 7.98. The number of methoxy groups -OCH3 is 1. The summed E-state index contributed by atoms with van der Waals surface area (Å²) in [5.41, 5.74) is 2.82. The first kappa shape index (κ1) is 19.4. The Morgan fingerprint density at radius 1 is 1.20 bits per heavy atom. The molecule has 1 aromatic carbocycles. The minimum Gasteiger partial charge on any atom is -0.454 e. The van der Waals surface area contributed by atoms with E-state index in [0.29, 0.717) is 17.7 Å². The molecule has 0 aliphatic carbocycles. The maximum Gasteiger partial charge on any atom is 0.338 e. The zero-order valence-electron chi connectivity index (χ0n) is 14.8. The predicted octanol–water partition coefficient (Wildman–Crippen LogP) is 4.11. The standard InChI is InChI=1S/C19H22BrNO4/c1-12-9-17(14(3)21(12)13(2)10-24-4)18(22)11-25-19(23)15-5-7-16(20)8-6-15/h5-9,13H,10-11H2,1-4H3/t13-/m1/s1. The molecule has 2 rings (SSSR count). The number of esters is 1. The first-order valence-corrected chi connectivity index (χ1v) is 8.77. The van der Waals surface area contributed by atoms with Crippen LogP contribution in [0.1, 0.15) is 45.1 Å². The summed E-state index contributed by atoms with van der Waals surface area (Å²) in [7, 11) is 1.65. The molecule has 1 aromatic heterocycles. The second-order valence-corrected chi connectivity index (χ2v) is 6.88. The summed E-state index contributed by atoms with van der Waals surface area (Å²) in [4.78, 5) is 24.5. The van der Waals surface area contributed by atoms with Crippen LogP contribution in [0.3, 0.4) is 0 Å². The molecule has 0 spiro atoms. The number of benzene rings is 1. The number of carbonyl (C=O) groups is 2. The summed E-state index contributed by atoms with van der Waals surface area (Å²) < 4.78 is 13.3. The van der Waals surface area contributed by atoms with Gasteiger partial charge in [-0.2, -0.15) is 0 Å². The van der Waals surface area contributed by atoms with E-state index in [0.717, 1.165) is 15.9 Å². The van der Waals surface area contributed by atoms with Crippen LogP contribution in [0, 0.1) is 13.8 Å². The molecule has 0 saturated carbocycles. The summed E-state index contributed by atoms with van der Waals surface area (Å²) in [5.74, 6) is -0.725. The molecule has 0 bridgehead atoms. The van der Waals surface area contributed by atoms with Crippen LogP contribution >= 0.6 is 15.9 Å². The van der Waals surface area contributed by atoms with Gasteiger partial charge >= 0.3 is 5.97 Å². The number of rotatable bonds is 7. The van der Waals surface area contributed by atoms with Gasteiger partial charge in [-0.25, -0.2) is 4.79 Å². The number of carbonyl (C=O) groups excluding carboxylic acids is 2. The Morgan fingerprint density at radius 3 is 2.44 bits per heavy atom. The van der Waals surface area contributed by atoms with E-state index < -0.39 is 5.97 Å². The van der Waals surface area contributed by atoms with Crippen molar-refractivity contribution in [1.29, 1.82) is 0 Å². The highest BCUT2D eigenvalue weighted by Gasteiger charge is 2.20. The molecular formula is C19H22BrNO4. The zero-order valence-corrected chi connectivity index (χ0v) is 16.4. The van der Waals surface area contributed by atoms with Crippen molar-refractivity contribution in [3.63, 3.8) is 0 Å². The third kappa shape index (κ3) is 4.58. The number of aryl methyl sites for hydroxylation is 1. The molecule has 0 saturated heterocycles. The van der Waals surface area contributed by atoms with Gasteiger partial charge in [-0.05, 0) is 51.1 Å². The van der Waals surface area contributed by atoms with Crippen LogP contribution in [0.4, 0.5) is 0 Å². The minimum atomic E-state index is -0.512. The van der Waals surface area contributed by atoms with Crippen molar-refractivity contribution in [2.75, 3.05) is 20.3 Å². The average Bonchev–Trinajstić information content (AvgIpc) is 2.88. The second-order valence-electron chi connectivity index (χ2n) is 5.97. The molecule has 0 amide bonds. The lowest BCUT2D eigenvalue weighted by Gasteiger charge is -2.17. The molecule has 0 N–H and O–H groups in total. The highest BCUT2D eigenvalue weighted by molar-refractivity contribution is 9.10. The van der Waals surface area contributed by atoms with Crippen molar-refractivity contribution in [3.05, 3.63) is 57.3 Å². The largest absolute Gasteiger partial charge is 0.454 e. The Labute approximate surface area is 156 Å².